The number of nitrogens with zero attached hydrogens (tertiary/aromatic N) is 5. The maximum atomic E-state index is 13.2. The molecule has 1 saturated heterocycles. The number of aromatic nitrogens is 4. The fourth-order valence-corrected chi connectivity index (χ4v) is 6.73. The first-order valence-corrected chi connectivity index (χ1v) is 12.1. The third kappa shape index (κ3) is 3.88. The molecule has 0 aliphatic carbocycles. The van der Waals surface area contributed by atoms with E-state index in [-0.39, 0.29) is 22.4 Å². The van der Waals surface area contributed by atoms with E-state index in [0.717, 1.165) is 4.90 Å². The predicted octanol–water partition coefficient (Wildman–Crippen LogP) is 0.333. The first kappa shape index (κ1) is 23.2. The van der Waals surface area contributed by atoms with E-state index in [9.17, 15) is 24.7 Å². The summed E-state index contributed by atoms with van der Waals surface area (Å²) in [6, 6.07) is 3.26. The number of ether oxygens (including phenoxy) is 1. The molecule has 2 aliphatic heterocycles. The van der Waals surface area contributed by atoms with Gasteiger partial charge in [-0.15, -0.1) is 28.2 Å². The van der Waals surface area contributed by atoms with Crippen LogP contribution in [0.4, 0.5) is 0 Å². The molecule has 174 valence electrons. The molecule has 1 fully saturated rings. The van der Waals surface area contributed by atoms with Crippen LogP contribution in [-0.4, -0.2) is 88.5 Å². The van der Waals surface area contributed by atoms with E-state index in [2.05, 4.69) is 31.1 Å². The summed E-state index contributed by atoms with van der Waals surface area (Å²) < 4.78 is 5.42. The van der Waals surface area contributed by atoms with Crippen molar-refractivity contribution in [3.63, 3.8) is 0 Å². The number of thiophene rings is 1. The monoisotopic (exact) mass is 511 g/mol. The molecular weight excluding hydrogens is 494 g/mol. The molecule has 33 heavy (non-hydrogen) atoms. The van der Waals surface area contributed by atoms with Gasteiger partial charge in [0.1, 0.15) is 11.1 Å². The molecule has 16 heteroatoms. The van der Waals surface area contributed by atoms with E-state index in [1.165, 1.54) is 42.0 Å². The number of thioether (sulfide) groups is 2. The number of tetrazole rings is 1. The third-order valence-corrected chi connectivity index (χ3v) is 8.31. The van der Waals surface area contributed by atoms with Gasteiger partial charge in [-0.25, -0.2) is 9.89 Å². The Balaban J connectivity index is 1.61. The van der Waals surface area contributed by atoms with Crippen molar-refractivity contribution in [1.29, 1.82) is 0 Å². The van der Waals surface area contributed by atoms with Crippen LogP contribution in [0.5, 0.6) is 0 Å². The number of carbonyl (C=O) groups is 3. The number of methoxy groups -OCH3 is 1. The van der Waals surface area contributed by atoms with E-state index < -0.39 is 28.9 Å². The number of aliphatic carboxylic acids is 1. The second-order valence-electron chi connectivity index (χ2n) is 6.80. The Hall–Kier alpha value is -2.95. The number of oxime groups is 1. The van der Waals surface area contributed by atoms with Crippen LogP contribution in [0, 0.1) is 0 Å². The zero-order valence-electron chi connectivity index (χ0n) is 17.1. The number of rotatable bonds is 8. The number of carboxylic acids is 1. The summed E-state index contributed by atoms with van der Waals surface area (Å²) in [6.07, 6.45) is 0. The van der Waals surface area contributed by atoms with Crippen LogP contribution in [0.25, 0.3) is 0 Å². The number of carboxylic acid groups (broad SMARTS) is 1. The Bertz CT molecular complexity index is 1140. The van der Waals surface area contributed by atoms with Crippen LogP contribution >= 0.6 is 34.9 Å². The second kappa shape index (κ2) is 9.12. The van der Waals surface area contributed by atoms with E-state index in [1.54, 1.807) is 24.4 Å². The van der Waals surface area contributed by atoms with Crippen LogP contribution < -0.4 is 5.32 Å². The standard InChI is InChI=1S/C17H17N7O6S3/c1-7(33-16-19-22-23-20-16)8-6-32-15-17(30-2,14(28)24(15)11(8)13(26)27)18-12(25)10(21-29)9-4-3-5-31-9/h3-5,7,15,29H,6H2,1-2H3,(H,18,25)(H,26,27)(H,19,20,22,23)/t7?,15-,17+/m1/s1. The highest BCUT2D eigenvalue weighted by Gasteiger charge is 2.67. The smallest absolute Gasteiger partial charge is 0.352 e. The first-order chi connectivity index (χ1) is 15.8. The van der Waals surface area contributed by atoms with Crippen LogP contribution in [0.1, 0.15) is 11.8 Å². The number of hydrogen-bond donors (Lipinski definition) is 4. The van der Waals surface area contributed by atoms with Gasteiger partial charge in [0.15, 0.2) is 5.71 Å². The Labute approximate surface area is 198 Å². The van der Waals surface area contributed by atoms with E-state index in [1.807, 2.05) is 0 Å². The number of fused-ring (bicyclic) bond motifs is 1. The van der Waals surface area contributed by atoms with Gasteiger partial charge in [-0.05, 0) is 34.4 Å². The van der Waals surface area contributed by atoms with Crippen LogP contribution in [0.15, 0.2) is 39.1 Å². The SMILES string of the molecule is CO[C@@]1(NC(=O)C(=NO)c2cccs2)C(=O)N2C(C(=O)O)=C(C(C)Sc3nnn[nH]3)CS[C@@H]21. The maximum absolute atomic E-state index is 13.2. The summed E-state index contributed by atoms with van der Waals surface area (Å²) in [5.74, 6) is -2.59. The van der Waals surface area contributed by atoms with E-state index in [0.29, 0.717) is 15.6 Å². The lowest BCUT2D eigenvalue weighted by molar-refractivity contribution is -0.191. The van der Waals surface area contributed by atoms with Gasteiger partial charge in [-0.3, -0.25) is 14.5 Å². The number of carbonyl (C=O) groups excluding carboxylic acids is 2. The van der Waals surface area contributed by atoms with Crippen molar-refractivity contribution in [2.24, 2.45) is 5.16 Å². The lowest BCUT2D eigenvalue weighted by Crippen LogP contribution is -2.81. The quantitative estimate of drug-likeness (QED) is 0.0957. The lowest BCUT2D eigenvalue weighted by atomic mass is 9.97. The topological polar surface area (TPSA) is 183 Å². The molecule has 13 nitrogen and oxygen atoms in total. The molecular formula is C17H17N7O6S3. The molecule has 2 amide bonds. The third-order valence-electron chi connectivity index (χ3n) is 5.06. The van der Waals surface area contributed by atoms with Crippen molar-refractivity contribution in [1.82, 2.24) is 30.8 Å². The molecule has 4 N–H and O–H groups in total. The summed E-state index contributed by atoms with van der Waals surface area (Å²) in [4.78, 5) is 39.7. The molecule has 4 heterocycles. The van der Waals surface area contributed by atoms with Crippen molar-refractivity contribution in [2.75, 3.05) is 12.9 Å². The van der Waals surface area contributed by atoms with Crippen molar-refractivity contribution < 1.29 is 29.4 Å². The highest BCUT2D eigenvalue weighted by Crippen LogP contribution is 2.48. The fourth-order valence-electron chi connectivity index (χ4n) is 3.50. The molecule has 2 aromatic heterocycles. The van der Waals surface area contributed by atoms with Gasteiger partial charge in [0.05, 0.1) is 4.88 Å². The van der Waals surface area contributed by atoms with Gasteiger partial charge in [-0.1, -0.05) is 23.0 Å². The summed E-state index contributed by atoms with van der Waals surface area (Å²) in [5.41, 5.74) is -1.76. The minimum atomic E-state index is -1.81. The number of aromatic amines is 1. The maximum Gasteiger partial charge on any atom is 0.352 e. The summed E-state index contributed by atoms with van der Waals surface area (Å²) in [7, 11) is 1.24. The van der Waals surface area contributed by atoms with E-state index in [4.69, 9.17) is 4.74 Å². The Morgan fingerprint density at radius 1 is 1.52 bits per heavy atom. The first-order valence-electron chi connectivity index (χ1n) is 9.29. The number of amides is 2. The molecule has 4 rings (SSSR count). The molecule has 2 aromatic rings. The van der Waals surface area contributed by atoms with Gasteiger partial charge in [0.25, 0.3) is 17.5 Å². The molecule has 0 bridgehead atoms. The summed E-state index contributed by atoms with van der Waals surface area (Å²) in [5, 5.41) is 39.1. The van der Waals surface area contributed by atoms with Gasteiger partial charge < -0.3 is 20.4 Å². The minimum absolute atomic E-state index is 0.174. The van der Waals surface area contributed by atoms with Crippen LogP contribution in [0.2, 0.25) is 0 Å². The normalized spacial score (nSPS) is 23.7. The number of H-pyrrole nitrogens is 1. The number of β-lactam (4-membered cyclic amide) rings is 1. The average molecular weight is 512 g/mol. The highest BCUT2D eigenvalue weighted by atomic mass is 32.2. The van der Waals surface area contributed by atoms with Gasteiger partial charge >= 0.3 is 5.97 Å². The Morgan fingerprint density at radius 2 is 2.30 bits per heavy atom. The zero-order valence-corrected chi connectivity index (χ0v) is 19.5. The summed E-state index contributed by atoms with van der Waals surface area (Å²) >= 11 is 3.65. The molecule has 1 unspecified atom stereocenters. The molecule has 0 saturated carbocycles. The van der Waals surface area contributed by atoms with Crippen LogP contribution in [0.3, 0.4) is 0 Å². The van der Waals surface area contributed by atoms with Crippen LogP contribution in [-0.2, 0) is 19.1 Å². The van der Waals surface area contributed by atoms with Gasteiger partial charge in [0, 0.05) is 18.1 Å². The number of nitrogens with one attached hydrogen (secondary N) is 2. The number of hydrogen-bond acceptors (Lipinski definition) is 12. The average Bonchev–Trinajstić information content (AvgIpc) is 3.51. The van der Waals surface area contributed by atoms with Crippen molar-refractivity contribution >= 4 is 58.4 Å². The Morgan fingerprint density at radius 3 is 2.88 bits per heavy atom. The largest absolute Gasteiger partial charge is 0.477 e. The highest BCUT2D eigenvalue weighted by molar-refractivity contribution is 8.01. The second-order valence-corrected chi connectivity index (χ2v) is 10.1. The fraction of sp³-hybridized carbons (Fsp3) is 0.353. The molecule has 0 spiro atoms. The molecule has 0 aromatic carbocycles. The zero-order chi connectivity index (χ0) is 23.8. The van der Waals surface area contributed by atoms with Crippen molar-refractivity contribution in [2.45, 2.75) is 28.4 Å². The molecule has 0 radical (unpaired) electrons. The summed E-state index contributed by atoms with van der Waals surface area (Å²) in [6.45, 7) is 1.78. The minimum Gasteiger partial charge on any atom is -0.477 e. The van der Waals surface area contributed by atoms with E-state index >= 15 is 0 Å². The predicted molar refractivity (Wildman–Crippen MR) is 118 cm³/mol. The Kier molecular flexibility index (Phi) is 6.42. The lowest BCUT2D eigenvalue weighted by Gasteiger charge is -2.56. The van der Waals surface area contributed by atoms with Crippen molar-refractivity contribution in [3.05, 3.63) is 33.7 Å². The van der Waals surface area contributed by atoms with Crippen molar-refractivity contribution in [3.8, 4) is 0 Å². The molecule has 2 aliphatic rings. The van der Waals surface area contributed by atoms with Gasteiger partial charge in [0.2, 0.25) is 5.16 Å². The van der Waals surface area contributed by atoms with Gasteiger partial charge in [-0.2, -0.15) is 0 Å². The molecule has 3 atom stereocenters.